The molecule has 0 amide bonds. The predicted molar refractivity (Wildman–Crippen MR) is 113 cm³/mol. The molecule has 3 nitrogen and oxygen atoms in total. The summed E-state index contributed by atoms with van der Waals surface area (Å²) in [5.41, 5.74) is 1.98. The lowest BCUT2D eigenvalue weighted by Crippen LogP contribution is -2.21. The molecule has 0 aromatic heterocycles. The third kappa shape index (κ3) is 8.81. The zero-order chi connectivity index (χ0) is 20.3. The number of unbranched alkanes of at least 4 members (excludes halogenated alkanes) is 7. The fourth-order valence-electron chi connectivity index (χ4n) is 3.58. The number of aromatic hydroxyl groups is 1. The number of benzene rings is 1. The third-order valence-electron chi connectivity index (χ3n) is 5.73. The summed E-state index contributed by atoms with van der Waals surface area (Å²) in [4.78, 5) is 11.1. The van der Waals surface area contributed by atoms with Crippen LogP contribution in [0.3, 0.4) is 0 Å². The maximum Gasteiger partial charge on any atom is 0.306 e. The van der Waals surface area contributed by atoms with Crippen LogP contribution < -0.4 is 0 Å². The van der Waals surface area contributed by atoms with Crippen LogP contribution in [0.4, 0.5) is 0 Å². The van der Waals surface area contributed by atoms with Crippen molar-refractivity contribution in [3.63, 3.8) is 0 Å². The number of rotatable bonds is 14. The van der Waals surface area contributed by atoms with Gasteiger partial charge in [-0.25, -0.2) is 0 Å². The monoisotopic (exact) mass is 376 g/mol. The van der Waals surface area contributed by atoms with Crippen molar-refractivity contribution in [3.8, 4) is 5.75 Å². The molecule has 1 aromatic rings. The van der Waals surface area contributed by atoms with Crippen LogP contribution in [-0.2, 0) is 16.6 Å². The lowest BCUT2D eigenvalue weighted by Gasteiger charge is -2.27. The predicted octanol–water partition coefficient (Wildman–Crippen LogP) is 6.85. The van der Waals surface area contributed by atoms with Crippen molar-refractivity contribution < 1.29 is 15.0 Å². The van der Waals surface area contributed by atoms with E-state index in [1.807, 2.05) is 6.07 Å². The van der Waals surface area contributed by atoms with E-state index in [4.69, 9.17) is 5.11 Å². The zero-order valence-corrected chi connectivity index (χ0v) is 17.9. The molecule has 0 spiro atoms. The van der Waals surface area contributed by atoms with Crippen LogP contribution in [0.5, 0.6) is 5.75 Å². The number of phenols is 1. The van der Waals surface area contributed by atoms with Gasteiger partial charge in [0.2, 0.25) is 0 Å². The molecule has 1 unspecified atom stereocenters. The molecule has 1 rings (SSSR count). The summed E-state index contributed by atoms with van der Waals surface area (Å²) >= 11 is 0. The van der Waals surface area contributed by atoms with E-state index < -0.39 is 5.97 Å². The van der Waals surface area contributed by atoms with Crippen molar-refractivity contribution in [1.29, 1.82) is 0 Å². The largest absolute Gasteiger partial charge is 0.508 e. The summed E-state index contributed by atoms with van der Waals surface area (Å²) in [5, 5.41) is 19.4. The molecule has 1 atom stereocenters. The fourth-order valence-corrected chi connectivity index (χ4v) is 3.58. The van der Waals surface area contributed by atoms with E-state index in [0.29, 0.717) is 12.2 Å². The molecule has 0 fully saturated rings. The summed E-state index contributed by atoms with van der Waals surface area (Å²) < 4.78 is 0. The normalized spacial score (nSPS) is 12.9. The van der Waals surface area contributed by atoms with Gasteiger partial charge in [0.1, 0.15) is 5.75 Å². The van der Waals surface area contributed by atoms with Gasteiger partial charge in [0.15, 0.2) is 0 Å². The molecule has 0 aliphatic heterocycles. The highest BCUT2D eigenvalue weighted by Crippen LogP contribution is 2.36. The van der Waals surface area contributed by atoms with E-state index in [1.54, 1.807) is 13.0 Å². The van der Waals surface area contributed by atoms with Gasteiger partial charge in [-0.3, -0.25) is 4.79 Å². The second-order valence-corrected chi connectivity index (χ2v) is 8.74. The lowest BCUT2D eigenvalue weighted by molar-refractivity contribution is -0.141. The Morgan fingerprint density at radius 2 is 1.63 bits per heavy atom. The number of carboxylic acids is 1. The Kier molecular flexibility index (Phi) is 10.5. The molecule has 0 aliphatic rings. The van der Waals surface area contributed by atoms with Crippen LogP contribution in [0.1, 0.15) is 103 Å². The van der Waals surface area contributed by atoms with Gasteiger partial charge in [0.25, 0.3) is 0 Å². The molecule has 0 radical (unpaired) electrons. The van der Waals surface area contributed by atoms with Crippen LogP contribution in [0.25, 0.3) is 0 Å². The van der Waals surface area contributed by atoms with Crippen molar-refractivity contribution in [3.05, 3.63) is 29.3 Å². The number of phenolic OH excluding ortho intramolecular Hbond substituents is 1. The van der Waals surface area contributed by atoms with Gasteiger partial charge < -0.3 is 10.2 Å². The highest BCUT2D eigenvalue weighted by atomic mass is 16.4. The fraction of sp³-hybridized carbons (Fsp3) is 0.708. The molecule has 0 saturated carbocycles. The van der Waals surface area contributed by atoms with E-state index in [9.17, 15) is 9.90 Å². The molecule has 0 saturated heterocycles. The van der Waals surface area contributed by atoms with E-state index >= 15 is 0 Å². The number of hydrogen-bond donors (Lipinski definition) is 2. The first-order valence-electron chi connectivity index (χ1n) is 10.8. The molecular formula is C24H40O3. The standard InChI is InChI=1S/C24H40O3/c1-5-6-7-8-9-10-11-12-13-20-14-15-22(25)21(18-20)24(3,4)17-16-19(2)23(26)27/h14-15,18-19,25H,5-13,16-17H2,1-4H3,(H,26,27). The third-order valence-corrected chi connectivity index (χ3v) is 5.73. The van der Waals surface area contributed by atoms with E-state index in [2.05, 4.69) is 26.8 Å². The Bertz CT molecular complexity index is 563. The first-order chi connectivity index (χ1) is 12.8. The molecule has 0 aliphatic carbocycles. The van der Waals surface area contributed by atoms with Crippen LogP contribution in [0, 0.1) is 5.92 Å². The van der Waals surface area contributed by atoms with E-state index in [-0.39, 0.29) is 11.3 Å². The number of aryl methyl sites for hydroxylation is 1. The number of aliphatic carboxylic acids is 1. The van der Waals surface area contributed by atoms with Gasteiger partial charge in [0, 0.05) is 0 Å². The van der Waals surface area contributed by atoms with Crippen LogP contribution in [0.15, 0.2) is 18.2 Å². The summed E-state index contributed by atoms with van der Waals surface area (Å²) in [6, 6.07) is 5.95. The van der Waals surface area contributed by atoms with Crippen molar-refractivity contribution >= 4 is 5.97 Å². The smallest absolute Gasteiger partial charge is 0.306 e. The van der Waals surface area contributed by atoms with E-state index in [1.165, 1.54) is 56.9 Å². The van der Waals surface area contributed by atoms with Crippen molar-refractivity contribution in [1.82, 2.24) is 0 Å². The van der Waals surface area contributed by atoms with Crippen LogP contribution in [0.2, 0.25) is 0 Å². The summed E-state index contributed by atoms with van der Waals surface area (Å²) in [6.07, 6.45) is 12.9. The Labute approximate surface area is 166 Å². The minimum absolute atomic E-state index is 0.233. The molecule has 154 valence electrons. The first kappa shape index (κ1) is 23.5. The van der Waals surface area contributed by atoms with Gasteiger partial charge in [-0.2, -0.15) is 0 Å². The van der Waals surface area contributed by atoms with E-state index in [0.717, 1.165) is 18.4 Å². The first-order valence-corrected chi connectivity index (χ1v) is 10.8. The average molecular weight is 377 g/mol. The average Bonchev–Trinajstić information content (AvgIpc) is 2.63. The highest BCUT2D eigenvalue weighted by Gasteiger charge is 2.26. The van der Waals surface area contributed by atoms with Crippen LogP contribution in [-0.4, -0.2) is 16.2 Å². The topological polar surface area (TPSA) is 57.5 Å². The summed E-state index contributed by atoms with van der Waals surface area (Å²) in [6.45, 7) is 8.18. The lowest BCUT2D eigenvalue weighted by atomic mass is 9.77. The maximum absolute atomic E-state index is 11.1. The summed E-state index contributed by atoms with van der Waals surface area (Å²) in [7, 11) is 0. The number of carboxylic acid groups (broad SMARTS) is 1. The Hall–Kier alpha value is -1.51. The van der Waals surface area contributed by atoms with Crippen molar-refractivity contribution in [2.24, 2.45) is 5.92 Å². The second kappa shape index (κ2) is 12.0. The Balaban J connectivity index is 2.52. The number of hydrogen-bond acceptors (Lipinski definition) is 2. The second-order valence-electron chi connectivity index (χ2n) is 8.74. The van der Waals surface area contributed by atoms with Gasteiger partial charge in [-0.05, 0) is 48.3 Å². The van der Waals surface area contributed by atoms with Crippen molar-refractivity contribution in [2.45, 2.75) is 104 Å². The minimum atomic E-state index is -0.751. The summed E-state index contributed by atoms with van der Waals surface area (Å²) in [5.74, 6) is -0.784. The Morgan fingerprint density at radius 3 is 2.22 bits per heavy atom. The molecular weight excluding hydrogens is 336 g/mol. The quantitative estimate of drug-likeness (QED) is 0.349. The molecule has 27 heavy (non-hydrogen) atoms. The minimum Gasteiger partial charge on any atom is -0.508 e. The van der Waals surface area contributed by atoms with Crippen molar-refractivity contribution in [2.75, 3.05) is 0 Å². The highest BCUT2D eigenvalue weighted by molar-refractivity contribution is 5.69. The zero-order valence-electron chi connectivity index (χ0n) is 17.9. The van der Waals surface area contributed by atoms with Gasteiger partial charge in [0.05, 0.1) is 5.92 Å². The molecule has 0 heterocycles. The van der Waals surface area contributed by atoms with Gasteiger partial charge >= 0.3 is 5.97 Å². The molecule has 1 aromatic carbocycles. The van der Waals surface area contributed by atoms with Gasteiger partial charge in [-0.15, -0.1) is 0 Å². The molecule has 2 N–H and O–H groups in total. The number of carbonyl (C=O) groups is 1. The SMILES string of the molecule is CCCCCCCCCCc1ccc(O)c(C(C)(C)CCC(C)C(=O)O)c1. The maximum atomic E-state index is 11.1. The van der Waals surface area contributed by atoms with Crippen LogP contribution >= 0.6 is 0 Å². The van der Waals surface area contributed by atoms with Gasteiger partial charge in [-0.1, -0.05) is 84.8 Å². The Morgan fingerprint density at radius 1 is 1.04 bits per heavy atom. The molecule has 3 heteroatoms. The molecule has 0 bridgehead atoms.